The fourth-order valence-corrected chi connectivity index (χ4v) is 5.19. The number of aromatic nitrogens is 2. The van der Waals surface area contributed by atoms with Crippen LogP contribution in [-0.4, -0.2) is 65.4 Å². The van der Waals surface area contributed by atoms with Gasteiger partial charge >= 0.3 is 6.03 Å². The quantitative estimate of drug-likeness (QED) is 0.529. The number of amides is 2. The van der Waals surface area contributed by atoms with E-state index in [1.54, 1.807) is 18.5 Å². The predicted octanol–water partition coefficient (Wildman–Crippen LogP) is 5.14. The number of ether oxygens (including phenoxy) is 1. The fraction of sp³-hybridized carbons (Fsp3) is 0.464. The van der Waals surface area contributed by atoms with Crippen LogP contribution in [0.2, 0.25) is 0 Å². The molecule has 8 heteroatoms. The van der Waals surface area contributed by atoms with Crippen molar-refractivity contribution < 1.29 is 14.6 Å². The van der Waals surface area contributed by atoms with E-state index in [-0.39, 0.29) is 17.7 Å². The molecule has 3 aromatic rings. The lowest BCUT2D eigenvalue weighted by atomic mass is 9.91. The Morgan fingerprint density at radius 2 is 1.64 bits per heavy atom. The number of benzene rings is 2. The Bertz CT molecular complexity index is 1140. The lowest BCUT2D eigenvalue weighted by molar-refractivity contribution is 0.194. The summed E-state index contributed by atoms with van der Waals surface area (Å²) < 4.78 is 4.94. The number of piperidine rings is 1. The smallest absolute Gasteiger partial charge is 0.321 e. The summed E-state index contributed by atoms with van der Waals surface area (Å²) >= 11 is 0. The van der Waals surface area contributed by atoms with Gasteiger partial charge in [-0.2, -0.15) is 0 Å². The van der Waals surface area contributed by atoms with E-state index in [2.05, 4.69) is 32.3 Å². The summed E-state index contributed by atoms with van der Waals surface area (Å²) in [5.41, 5.74) is 3.81. The Morgan fingerprint density at radius 3 is 2.31 bits per heavy atom. The van der Waals surface area contributed by atoms with Crippen LogP contribution in [0.5, 0.6) is 5.75 Å². The van der Waals surface area contributed by atoms with Gasteiger partial charge in [0.05, 0.1) is 11.2 Å². The van der Waals surface area contributed by atoms with Crippen molar-refractivity contribution in [1.82, 2.24) is 14.9 Å². The number of hydrogen-bond acceptors (Lipinski definition) is 6. The first-order chi connectivity index (χ1) is 17.7. The Morgan fingerprint density at radius 1 is 0.917 bits per heavy atom. The van der Waals surface area contributed by atoms with Gasteiger partial charge in [-0.25, -0.2) is 14.8 Å². The average molecular weight is 490 g/mol. The fourth-order valence-electron chi connectivity index (χ4n) is 5.19. The van der Waals surface area contributed by atoms with Crippen molar-refractivity contribution in [2.45, 2.75) is 44.4 Å². The second kappa shape index (κ2) is 11.6. The number of urea groups is 1. The third-order valence-electron chi connectivity index (χ3n) is 7.24. The minimum atomic E-state index is -0.0511. The molecule has 3 fully saturated rings. The molecule has 2 N–H and O–H groups in total. The molecular formula is C28H35N5O3. The highest BCUT2D eigenvalue weighted by atomic mass is 16.5. The van der Waals surface area contributed by atoms with Gasteiger partial charge in [0.2, 0.25) is 0 Å². The van der Waals surface area contributed by atoms with Crippen LogP contribution in [0.25, 0.3) is 10.9 Å². The maximum atomic E-state index is 12.8. The molecule has 0 unspecified atom stereocenters. The first-order valence-electron chi connectivity index (χ1n) is 13.1. The van der Waals surface area contributed by atoms with Gasteiger partial charge in [-0.05, 0) is 74.9 Å². The number of rotatable bonds is 3. The highest BCUT2D eigenvalue weighted by molar-refractivity contribution is 5.89. The Kier molecular flexibility index (Phi) is 7.81. The zero-order valence-electron chi connectivity index (χ0n) is 20.7. The number of aromatic hydroxyl groups is 1. The van der Waals surface area contributed by atoms with Crippen LogP contribution < -0.4 is 10.2 Å². The zero-order chi connectivity index (χ0) is 24.7. The van der Waals surface area contributed by atoms with Gasteiger partial charge < -0.3 is 25.0 Å². The van der Waals surface area contributed by atoms with E-state index in [0.29, 0.717) is 13.1 Å². The third-order valence-corrected chi connectivity index (χ3v) is 7.24. The minimum Gasteiger partial charge on any atom is -0.508 e. The van der Waals surface area contributed by atoms with Gasteiger partial charge in [-0.15, -0.1) is 0 Å². The third kappa shape index (κ3) is 5.87. The van der Waals surface area contributed by atoms with Gasteiger partial charge in [0.25, 0.3) is 0 Å². The van der Waals surface area contributed by atoms with E-state index in [9.17, 15) is 9.90 Å². The summed E-state index contributed by atoms with van der Waals surface area (Å²) in [6, 6.07) is 13.3. The number of likely N-dealkylation sites (tertiary alicyclic amines) is 1. The molecule has 3 aliphatic heterocycles. The van der Waals surface area contributed by atoms with E-state index in [1.807, 2.05) is 23.1 Å². The highest BCUT2D eigenvalue weighted by Gasteiger charge is 2.26. The number of fused-ring (bicyclic) bond motifs is 1. The normalized spacial score (nSPS) is 18.2. The molecule has 2 aromatic carbocycles. The van der Waals surface area contributed by atoms with E-state index in [0.717, 1.165) is 61.4 Å². The molecule has 0 bridgehead atoms. The maximum Gasteiger partial charge on any atom is 0.321 e. The van der Waals surface area contributed by atoms with Crippen molar-refractivity contribution in [3.05, 3.63) is 54.5 Å². The largest absolute Gasteiger partial charge is 0.508 e. The number of carbonyl (C=O) groups is 1. The van der Waals surface area contributed by atoms with Crippen molar-refractivity contribution in [3.8, 4) is 5.75 Å². The highest BCUT2D eigenvalue weighted by Crippen LogP contribution is 2.32. The van der Waals surface area contributed by atoms with E-state index >= 15 is 0 Å². The molecule has 0 spiro atoms. The van der Waals surface area contributed by atoms with Crippen LogP contribution in [0.15, 0.2) is 48.8 Å². The molecule has 1 aromatic heterocycles. The predicted molar refractivity (Wildman–Crippen MR) is 142 cm³/mol. The Labute approximate surface area is 212 Å². The Balaban J connectivity index is 0.000000477. The summed E-state index contributed by atoms with van der Waals surface area (Å²) in [6.45, 7) is 5.60. The molecule has 3 saturated heterocycles. The van der Waals surface area contributed by atoms with Crippen LogP contribution >= 0.6 is 0 Å². The number of carbonyl (C=O) groups excluding carboxylic acids is 1. The van der Waals surface area contributed by atoms with Crippen LogP contribution in [0.4, 0.5) is 16.2 Å². The topological polar surface area (TPSA) is 90.8 Å². The molecule has 0 radical (unpaired) electrons. The van der Waals surface area contributed by atoms with Crippen LogP contribution in [0.1, 0.15) is 50.1 Å². The van der Waals surface area contributed by atoms with Crippen molar-refractivity contribution in [2.24, 2.45) is 0 Å². The van der Waals surface area contributed by atoms with Crippen molar-refractivity contribution in [2.75, 3.05) is 49.6 Å². The molecule has 0 saturated carbocycles. The summed E-state index contributed by atoms with van der Waals surface area (Å²) in [6.07, 6.45) is 8.33. The SMILES string of the molecule is C1CCOC1.O=C(Nc1ccc(N2CCCC2)cc1)N1CCC(c2ncnc3cc(O)ccc23)CC1. The van der Waals surface area contributed by atoms with E-state index < -0.39 is 0 Å². The van der Waals surface area contributed by atoms with Crippen LogP contribution in [0.3, 0.4) is 0 Å². The lowest BCUT2D eigenvalue weighted by Gasteiger charge is -2.32. The van der Waals surface area contributed by atoms with E-state index in [1.165, 1.54) is 31.4 Å². The van der Waals surface area contributed by atoms with Gasteiger partial charge in [-0.1, -0.05) is 0 Å². The number of anilines is 2. The van der Waals surface area contributed by atoms with Crippen molar-refractivity contribution >= 4 is 28.3 Å². The summed E-state index contributed by atoms with van der Waals surface area (Å²) in [4.78, 5) is 25.8. The molecule has 0 atom stereocenters. The maximum absolute atomic E-state index is 12.8. The molecule has 3 aliphatic rings. The zero-order valence-corrected chi connectivity index (χ0v) is 20.7. The average Bonchev–Trinajstić information content (AvgIpc) is 3.66. The van der Waals surface area contributed by atoms with Crippen molar-refractivity contribution in [1.29, 1.82) is 0 Å². The number of nitrogens with zero attached hydrogens (tertiary/aromatic N) is 4. The molecule has 4 heterocycles. The molecule has 36 heavy (non-hydrogen) atoms. The van der Waals surface area contributed by atoms with Crippen LogP contribution in [-0.2, 0) is 4.74 Å². The molecule has 8 nitrogen and oxygen atoms in total. The monoisotopic (exact) mass is 489 g/mol. The standard InChI is InChI=1S/C24H27N5O2.C4H8O/c30-20-7-8-21-22(15-20)25-16-26-23(21)17-9-13-29(14-10-17)24(31)27-18-3-5-19(6-4-18)28-11-1-2-12-28;1-2-4-5-3-1/h3-8,15-17,30H,1-2,9-14H2,(H,27,31);1-4H2. The number of phenolic OH excluding ortho intramolecular Hbond substituents is 1. The van der Waals surface area contributed by atoms with Crippen LogP contribution in [0, 0.1) is 0 Å². The summed E-state index contributed by atoms with van der Waals surface area (Å²) in [5.74, 6) is 0.482. The summed E-state index contributed by atoms with van der Waals surface area (Å²) in [5, 5.41) is 13.7. The van der Waals surface area contributed by atoms with Gasteiger partial charge in [0.15, 0.2) is 0 Å². The number of hydrogen-bond donors (Lipinski definition) is 2. The van der Waals surface area contributed by atoms with Gasteiger partial charge in [0, 0.05) is 68.1 Å². The Hall–Kier alpha value is -3.39. The first kappa shape index (κ1) is 24.3. The minimum absolute atomic E-state index is 0.0511. The molecular weight excluding hydrogens is 454 g/mol. The first-order valence-corrected chi connectivity index (χ1v) is 13.1. The second-order valence-electron chi connectivity index (χ2n) is 9.71. The summed E-state index contributed by atoms with van der Waals surface area (Å²) in [7, 11) is 0. The molecule has 190 valence electrons. The number of nitrogens with one attached hydrogen (secondary N) is 1. The molecule has 6 rings (SSSR count). The lowest BCUT2D eigenvalue weighted by Crippen LogP contribution is -2.40. The molecule has 0 aliphatic carbocycles. The van der Waals surface area contributed by atoms with Gasteiger partial charge in [0.1, 0.15) is 12.1 Å². The second-order valence-corrected chi connectivity index (χ2v) is 9.71. The van der Waals surface area contributed by atoms with Gasteiger partial charge in [-0.3, -0.25) is 0 Å². The van der Waals surface area contributed by atoms with Crippen molar-refractivity contribution in [3.63, 3.8) is 0 Å². The van der Waals surface area contributed by atoms with E-state index in [4.69, 9.17) is 4.74 Å². The molecule has 2 amide bonds. The number of phenols is 1.